The number of nitrogens with zero attached hydrogens (tertiary/aromatic N) is 2. The molecule has 3 rings (SSSR count). The van der Waals surface area contributed by atoms with Crippen molar-refractivity contribution in [3.8, 4) is 0 Å². The number of likely N-dealkylation sites (tertiary alicyclic amines) is 1. The van der Waals surface area contributed by atoms with Gasteiger partial charge in [-0.15, -0.1) is 0 Å². The molecule has 4 atom stereocenters. The number of rotatable bonds is 17. The van der Waals surface area contributed by atoms with Crippen LogP contribution in [0.5, 0.6) is 0 Å². The van der Waals surface area contributed by atoms with Gasteiger partial charge in [-0.05, 0) is 70.1 Å². The van der Waals surface area contributed by atoms with Crippen LogP contribution in [0.25, 0.3) is 0 Å². The molecule has 0 bridgehead atoms. The number of halogens is 2. The van der Waals surface area contributed by atoms with Crippen LogP contribution in [0.1, 0.15) is 123 Å². The number of nitrogens with one attached hydrogen (secondary N) is 3. The number of benzene rings is 1. The fraction of sp³-hybridized carbons (Fsp3) is 0.659. The third-order valence-electron chi connectivity index (χ3n) is 9.56. The minimum absolute atomic E-state index is 0.157. The van der Waals surface area contributed by atoms with E-state index in [0.717, 1.165) is 38.5 Å². The first-order chi connectivity index (χ1) is 26.5. The number of hydrogen-bond donors (Lipinski definition) is 4. The summed E-state index contributed by atoms with van der Waals surface area (Å²) >= 11 is 0. The quantitative estimate of drug-likeness (QED) is 0.143. The number of ether oxygens (including phenoxy) is 1. The van der Waals surface area contributed by atoms with Gasteiger partial charge in [-0.3, -0.25) is 24.0 Å². The average molecular weight is 793 g/mol. The number of hydrogen-bond acceptors (Lipinski definition) is 8. The van der Waals surface area contributed by atoms with Gasteiger partial charge in [0.2, 0.25) is 30.1 Å². The second kappa shape index (κ2) is 25.6. The molecule has 1 saturated heterocycles. The third kappa shape index (κ3) is 16.7. The summed E-state index contributed by atoms with van der Waals surface area (Å²) in [6.07, 6.45) is 2.30. The van der Waals surface area contributed by atoms with Gasteiger partial charge in [0.25, 0.3) is 0 Å². The lowest BCUT2D eigenvalue weighted by molar-refractivity contribution is -0.142. The van der Waals surface area contributed by atoms with E-state index in [9.17, 15) is 37.5 Å². The molecule has 56 heavy (non-hydrogen) atoms. The number of likely N-dealkylation sites (N-methyl/N-ethyl adjacent to an activating group) is 1. The number of amides is 5. The number of Topliss-reactive ketones (excluding diaryl/α,β-unsaturated/α-hetero) is 1. The zero-order valence-electron chi connectivity index (χ0n) is 34.4. The molecule has 4 unspecified atom stereocenters. The molecule has 1 saturated carbocycles. The maximum Gasteiger partial charge on any atom is 0.408 e. The Morgan fingerprint density at radius 3 is 2.12 bits per heavy atom. The van der Waals surface area contributed by atoms with Gasteiger partial charge in [0.05, 0.1) is 12.5 Å². The molecule has 1 aromatic rings. The molecule has 13 nitrogen and oxygen atoms in total. The number of ketones is 1. The Hall–Kier alpha value is -4.56. The molecule has 316 valence electrons. The second-order valence-corrected chi connectivity index (χ2v) is 14.7. The predicted octanol–water partition coefficient (Wildman–Crippen LogP) is 5.78. The van der Waals surface area contributed by atoms with Crippen molar-refractivity contribution in [2.45, 2.75) is 148 Å². The maximum absolute atomic E-state index is 14.1. The predicted molar refractivity (Wildman–Crippen MR) is 212 cm³/mol. The summed E-state index contributed by atoms with van der Waals surface area (Å²) in [7, 11) is 3.05. The number of alkyl halides is 2. The van der Waals surface area contributed by atoms with Crippen molar-refractivity contribution in [2.24, 2.45) is 11.7 Å². The topological polar surface area (TPSA) is 180 Å². The Kier molecular flexibility index (Phi) is 22.6. The minimum atomic E-state index is -2.76. The zero-order chi connectivity index (χ0) is 42.4. The Morgan fingerprint density at radius 1 is 0.964 bits per heavy atom. The van der Waals surface area contributed by atoms with Crippen LogP contribution < -0.4 is 21.7 Å². The highest BCUT2D eigenvalue weighted by Gasteiger charge is 2.42. The molecular weight excluding hydrogens is 726 g/mol. The van der Waals surface area contributed by atoms with Crippen LogP contribution in [0.2, 0.25) is 0 Å². The third-order valence-corrected chi connectivity index (χ3v) is 9.56. The molecule has 0 aromatic heterocycles. The summed E-state index contributed by atoms with van der Waals surface area (Å²) in [5.74, 6) is -3.34. The Morgan fingerprint density at radius 2 is 1.57 bits per heavy atom. The summed E-state index contributed by atoms with van der Waals surface area (Å²) in [5.41, 5.74) is 4.36. The van der Waals surface area contributed by atoms with E-state index in [1.54, 1.807) is 44.2 Å². The molecule has 1 aliphatic heterocycles. The van der Waals surface area contributed by atoms with Gasteiger partial charge in [0.1, 0.15) is 23.7 Å². The summed E-state index contributed by atoms with van der Waals surface area (Å²) < 4.78 is 32.3. The lowest BCUT2D eigenvalue weighted by Crippen LogP contribution is -2.57. The second-order valence-electron chi connectivity index (χ2n) is 14.7. The Balaban J connectivity index is 0.00000298. The van der Waals surface area contributed by atoms with Crippen molar-refractivity contribution < 1.29 is 42.3 Å². The van der Waals surface area contributed by atoms with E-state index in [4.69, 9.17) is 4.74 Å². The summed E-state index contributed by atoms with van der Waals surface area (Å²) in [5, 5.41) is 7.92. The van der Waals surface area contributed by atoms with E-state index in [0.29, 0.717) is 18.4 Å². The zero-order valence-corrected chi connectivity index (χ0v) is 34.4. The van der Waals surface area contributed by atoms with E-state index < -0.39 is 91.0 Å². The number of carbonyl (C=O) groups is 6. The van der Waals surface area contributed by atoms with E-state index in [2.05, 4.69) is 28.3 Å². The molecule has 2 fully saturated rings. The number of nitrogens with two attached hydrogens (primary N) is 1. The smallest absolute Gasteiger partial charge is 0.408 e. The molecule has 15 heteroatoms. The number of carbonyl (C=O) groups excluding carboxylic acids is 6. The highest BCUT2D eigenvalue weighted by molar-refractivity contribution is 6.03. The Labute approximate surface area is 331 Å². The minimum Gasteiger partial charge on any atom is -0.444 e. The monoisotopic (exact) mass is 792 g/mol. The molecule has 0 radical (unpaired) electrons. The van der Waals surface area contributed by atoms with Crippen LogP contribution in [0.15, 0.2) is 43.1 Å². The van der Waals surface area contributed by atoms with Crippen LogP contribution in [-0.2, 0) is 28.7 Å². The standard InChI is InChI=1S/C37H55F2N5O7.C2H5N.C2H6/c1-6-21-37(2,3)51-36(50)42-32(25-16-11-8-12-17-25)35(49)44-22-13-18-27(44)33(47)40-26(19-20-29(38)39)28(45)23-30(46)41-31(34(48)43(4)5)24-14-9-7-10-15-24;1-2-3;1-2/h7,9-10,14-15,25-27,29,31-32H,6,8,11-13,16-23H2,1-5H3,(H,40,47)(H,41,46)(H,42,50);2H,1,3H2;1-2H3. The fourth-order valence-electron chi connectivity index (χ4n) is 6.95. The van der Waals surface area contributed by atoms with Gasteiger partial charge in [-0.1, -0.05) is 83.4 Å². The van der Waals surface area contributed by atoms with Crippen LogP contribution in [0.3, 0.4) is 0 Å². The lowest BCUT2D eigenvalue weighted by Gasteiger charge is -2.35. The van der Waals surface area contributed by atoms with Crippen molar-refractivity contribution in [2.75, 3.05) is 20.6 Å². The first kappa shape index (κ1) is 49.5. The average Bonchev–Trinajstić information content (AvgIpc) is 3.66. The largest absolute Gasteiger partial charge is 0.444 e. The van der Waals surface area contributed by atoms with Crippen molar-refractivity contribution in [1.82, 2.24) is 25.8 Å². The molecule has 0 spiro atoms. The van der Waals surface area contributed by atoms with Gasteiger partial charge < -0.3 is 36.2 Å². The van der Waals surface area contributed by atoms with Crippen LogP contribution in [0, 0.1) is 5.92 Å². The van der Waals surface area contributed by atoms with Crippen LogP contribution in [-0.4, -0.2) is 96.1 Å². The van der Waals surface area contributed by atoms with Crippen molar-refractivity contribution >= 4 is 35.5 Å². The van der Waals surface area contributed by atoms with E-state index >= 15 is 0 Å². The first-order valence-corrected chi connectivity index (χ1v) is 19.8. The van der Waals surface area contributed by atoms with Crippen LogP contribution >= 0.6 is 0 Å². The normalized spacial score (nSPS) is 17.0. The highest BCUT2D eigenvalue weighted by atomic mass is 19.3. The maximum atomic E-state index is 14.1. The van der Waals surface area contributed by atoms with Gasteiger partial charge >= 0.3 is 6.09 Å². The molecule has 5 N–H and O–H groups in total. The van der Waals surface area contributed by atoms with E-state index in [1.165, 1.54) is 30.1 Å². The van der Waals surface area contributed by atoms with E-state index in [1.807, 2.05) is 20.8 Å². The summed E-state index contributed by atoms with van der Waals surface area (Å²) in [4.78, 5) is 82.9. The molecule has 1 aromatic carbocycles. The Bertz CT molecular complexity index is 1410. The van der Waals surface area contributed by atoms with Gasteiger partial charge in [-0.25, -0.2) is 13.6 Å². The van der Waals surface area contributed by atoms with E-state index in [-0.39, 0.29) is 18.9 Å². The lowest BCUT2D eigenvalue weighted by atomic mass is 9.83. The van der Waals surface area contributed by atoms with Crippen molar-refractivity contribution in [3.63, 3.8) is 0 Å². The molecule has 1 heterocycles. The molecule has 1 aliphatic carbocycles. The molecule has 2 aliphatic rings. The van der Waals surface area contributed by atoms with Gasteiger partial charge in [-0.2, -0.15) is 0 Å². The summed E-state index contributed by atoms with van der Waals surface area (Å²) in [6.45, 7) is 13.0. The number of alkyl carbamates (subject to hydrolysis) is 1. The SMILES string of the molecule is C=CN.CC.CCCC(C)(C)OC(=O)NC(C(=O)N1CCCC1C(=O)NC(CCC(F)F)C(=O)CC(=O)NC(C(=O)N(C)C)c1ccccc1)C1CCCCC1. The van der Waals surface area contributed by atoms with Gasteiger partial charge in [0.15, 0.2) is 5.78 Å². The fourth-order valence-corrected chi connectivity index (χ4v) is 6.95. The summed E-state index contributed by atoms with van der Waals surface area (Å²) in [6, 6.07) is 3.99. The van der Waals surface area contributed by atoms with Gasteiger partial charge in [0, 0.05) is 27.1 Å². The molecular formula is C41H66F2N6O7. The molecule has 5 amide bonds. The van der Waals surface area contributed by atoms with Crippen molar-refractivity contribution in [3.05, 3.63) is 48.7 Å². The first-order valence-electron chi connectivity index (χ1n) is 19.8. The highest BCUT2D eigenvalue weighted by Crippen LogP contribution is 2.30. The van der Waals surface area contributed by atoms with Crippen LogP contribution in [0.4, 0.5) is 13.6 Å². The van der Waals surface area contributed by atoms with Crippen molar-refractivity contribution in [1.29, 1.82) is 0 Å².